The van der Waals surface area contributed by atoms with Crippen LogP contribution in [0.15, 0.2) is 34.9 Å². The van der Waals surface area contributed by atoms with E-state index in [4.69, 9.17) is 14.9 Å². The molecule has 5 rings (SSSR count). The molecule has 0 aliphatic carbocycles. The lowest BCUT2D eigenvalue weighted by molar-refractivity contribution is -0.123. The van der Waals surface area contributed by atoms with Crippen LogP contribution in [0.25, 0.3) is 17.4 Å². The summed E-state index contributed by atoms with van der Waals surface area (Å²) in [6.07, 6.45) is 1.53. The minimum absolute atomic E-state index is 0.135. The quantitative estimate of drug-likeness (QED) is 0.217. The van der Waals surface area contributed by atoms with Crippen LogP contribution in [0.2, 0.25) is 0 Å². The van der Waals surface area contributed by atoms with Crippen LogP contribution in [0.5, 0.6) is 5.75 Å². The number of amides is 1. The molecule has 0 bridgehead atoms. The zero-order chi connectivity index (χ0) is 29.6. The van der Waals surface area contributed by atoms with E-state index in [1.54, 1.807) is 12.1 Å². The van der Waals surface area contributed by atoms with Crippen LogP contribution < -0.4 is 26.0 Å². The highest BCUT2D eigenvalue weighted by Gasteiger charge is 2.22. The fraction of sp³-hybridized carbons (Fsp3) is 0.423. The van der Waals surface area contributed by atoms with Crippen LogP contribution >= 0.6 is 0 Å². The van der Waals surface area contributed by atoms with Gasteiger partial charge in [0.15, 0.2) is 23.9 Å². The number of carbonyl (C=O) groups excluding carboxylic acids is 1. The number of nitrogens with zero attached hydrogens (tertiary/aromatic N) is 8. The maximum Gasteiger partial charge on any atom is 0.259 e. The van der Waals surface area contributed by atoms with E-state index in [1.807, 2.05) is 23.9 Å². The first-order chi connectivity index (χ1) is 20.3. The van der Waals surface area contributed by atoms with E-state index in [-0.39, 0.29) is 29.9 Å². The number of fused-ring (bicyclic) bond motifs is 1. The third kappa shape index (κ3) is 7.01. The first-order valence-corrected chi connectivity index (χ1v) is 13.5. The molecule has 14 nitrogen and oxygen atoms in total. The van der Waals surface area contributed by atoms with E-state index in [0.29, 0.717) is 75.7 Å². The molecule has 4 aromatic rings. The predicted octanol–water partition coefficient (Wildman–Crippen LogP) is 0.930. The zero-order valence-corrected chi connectivity index (χ0v) is 23.4. The highest BCUT2D eigenvalue weighted by Crippen LogP contribution is 2.29. The number of nitrogens with two attached hydrogens (primary N) is 1. The van der Waals surface area contributed by atoms with Crippen molar-refractivity contribution in [1.29, 1.82) is 0 Å². The number of carbonyl (C=O) groups is 1. The molecule has 0 spiro atoms. The fourth-order valence-corrected chi connectivity index (χ4v) is 4.42. The highest BCUT2D eigenvalue weighted by molar-refractivity contribution is 5.77. The predicted molar refractivity (Wildman–Crippen MR) is 151 cm³/mol. The van der Waals surface area contributed by atoms with Gasteiger partial charge < -0.3 is 35.3 Å². The van der Waals surface area contributed by atoms with Crippen LogP contribution in [-0.2, 0) is 4.79 Å². The number of ether oxygens (including phenoxy) is 1. The second-order valence-corrected chi connectivity index (χ2v) is 9.96. The fourth-order valence-electron chi connectivity index (χ4n) is 4.42. The summed E-state index contributed by atoms with van der Waals surface area (Å²) in [6.45, 7) is 4.32. The summed E-state index contributed by atoms with van der Waals surface area (Å²) >= 11 is 0. The van der Waals surface area contributed by atoms with Gasteiger partial charge in [-0.2, -0.15) is 19.5 Å². The number of nitrogen functional groups attached to an aromatic ring is 1. The summed E-state index contributed by atoms with van der Waals surface area (Å²) in [5, 5.41) is 10.1. The average Bonchev–Trinajstić information content (AvgIpc) is 3.64. The minimum Gasteiger partial charge on any atom is -0.481 e. The largest absolute Gasteiger partial charge is 0.481 e. The summed E-state index contributed by atoms with van der Waals surface area (Å²) < 4.78 is 41.1. The van der Waals surface area contributed by atoms with Crippen molar-refractivity contribution in [2.45, 2.75) is 0 Å². The van der Waals surface area contributed by atoms with Crippen LogP contribution in [0.4, 0.5) is 26.4 Å². The zero-order valence-electron chi connectivity index (χ0n) is 23.4. The third-order valence-electron chi connectivity index (χ3n) is 6.64. The Morgan fingerprint density at radius 1 is 1.12 bits per heavy atom. The lowest BCUT2D eigenvalue weighted by Gasteiger charge is -2.36. The molecule has 1 aromatic carbocycles. The molecular weight excluding hydrogens is 552 g/mol. The maximum atomic E-state index is 14.7. The monoisotopic (exact) mass is 585 g/mol. The Morgan fingerprint density at radius 2 is 1.93 bits per heavy atom. The Bertz CT molecular complexity index is 1510. The molecule has 42 heavy (non-hydrogen) atoms. The number of anilines is 3. The van der Waals surface area contributed by atoms with Crippen molar-refractivity contribution in [2.75, 3.05) is 89.0 Å². The van der Waals surface area contributed by atoms with E-state index in [1.165, 1.54) is 16.8 Å². The normalized spacial score (nSPS) is 14.1. The number of piperazine rings is 1. The van der Waals surface area contributed by atoms with Crippen molar-refractivity contribution in [2.24, 2.45) is 0 Å². The van der Waals surface area contributed by atoms with E-state index in [2.05, 4.69) is 35.6 Å². The Hall–Kier alpha value is -4.57. The molecule has 0 atom stereocenters. The number of hydrogen-bond acceptors (Lipinski definition) is 12. The van der Waals surface area contributed by atoms with Crippen molar-refractivity contribution in [3.05, 3.63) is 42.2 Å². The summed E-state index contributed by atoms with van der Waals surface area (Å²) in [5.74, 6) is -0.478. The second-order valence-electron chi connectivity index (χ2n) is 9.96. The van der Waals surface area contributed by atoms with E-state index < -0.39 is 11.6 Å². The summed E-state index contributed by atoms with van der Waals surface area (Å²) in [6, 6.07) is 5.58. The number of aromatic nitrogens is 5. The number of likely N-dealkylation sites (N-methyl/N-ethyl adjacent to an activating group) is 1. The molecule has 4 N–H and O–H groups in total. The first-order valence-electron chi connectivity index (χ1n) is 13.5. The van der Waals surface area contributed by atoms with E-state index in [9.17, 15) is 13.6 Å². The Balaban J connectivity index is 1.11. The van der Waals surface area contributed by atoms with Gasteiger partial charge in [0.05, 0.1) is 12.0 Å². The van der Waals surface area contributed by atoms with Crippen molar-refractivity contribution < 1.29 is 22.7 Å². The van der Waals surface area contributed by atoms with Gasteiger partial charge in [-0.3, -0.25) is 9.69 Å². The standard InChI is InChI=1S/C26H33F2N11O3/c1-36(2)7-5-30-22(40)16-42-21-15-19(17(27)14-18(21)28)38-11-9-37(10-12-38)8-6-31-25-33-24(29)39-26(34-25)32-23(35-39)20-4-3-13-41-20/h3-4,13-15H,5-12,16H2,1-2H3,(H,30,40)(H3,29,31,32,33,34,35). The highest BCUT2D eigenvalue weighted by atomic mass is 19.1. The summed E-state index contributed by atoms with van der Waals surface area (Å²) in [5.41, 5.74) is 6.28. The number of halogens is 2. The smallest absolute Gasteiger partial charge is 0.259 e. The number of rotatable bonds is 12. The van der Waals surface area contributed by atoms with Crippen LogP contribution in [0.3, 0.4) is 0 Å². The van der Waals surface area contributed by atoms with Crippen LogP contribution in [0, 0.1) is 11.6 Å². The van der Waals surface area contributed by atoms with E-state index in [0.717, 1.165) is 6.07 Å². The molecule has 16 heteroatoms. The van der Waals surface area contributed by atoms with Gasteiger partial charge in [-0.15, -0.1) is 5.10 Å². The Kier molecular flexibility index (Phi) is 8.92. The number of hydrogen-bond donors (Lipinski definition) is 3. The summed E-state index contributed by atoms with van der Waals surface area (Å²) in [4.78, 5) is 30.9. The molecule has 3 aromatic heterocycles. The van der Waals surface area contributed by atoms with Gasteiger partial charge in [0.1, 0.15) is 5.82 Å². The molecule has 0 saturated carbocycles. The molecule has 1 amide bonds. The molecule has 1 aliphatic rings. The molecular formula is C26H33F2N11O3. The number of furan rings is 1. The lowest BCUT2D eigenvalue weighted by atomic mass is 10.2. The molecule has 1 saturated heterocycles. The average molecular weight is 586 g/mol. The van der Waals surface area contributed by atoms with Crippen molar-refractivity contribution in [3.63, 3.8) is 0 Å². The van der Waals surface area contributed by atoms with Crippen molar-refractivity contribution >= 4 is 29.3 Å². The molecule has 1 aliphatic heterocycles. The van der Waals surface area contributed by atoms with Gasteiger partial charge in [0.2, 0.25) is 17.7 Å². The topological polar surface area (TPSA) is 155 Å². The Morgan fingerprint density at radius 3 is 2.67 bits per heavy atom. The molecule has 224 valence electrons. The van der Waals surface area contributed by atoms with Gasteiger partial charge in [-0.25, -0.2) is 8.78 Å². The van der Waals surface area contributed by atoms with Crippen LogP contribution in [0.1, 0.15) is 0 Å². The maximum absolute atomic E-state index is 14.7. The van der Waals surface area contributed by atoms with Crippen LogP contribution in [-0.4, -0.2) is 113 Å². The minimum atomic E-state index is -0.855. The van der Waals surface area contributed by atoms with E-state index >= 15 is 0 Å². The third-order valence-corrected chi connectivity index (χ3v) is 6.64. The van der Waals surface area contributed by atoms with Gasteiger partial charge >= 0.3 is 0 Å². The van der Waals surface area contributed by atoms with Gasteiger partial charge in [0.25, 0.3) is 11.7 Å². The number of nitrogens with one attached hydrogen (secondary N) is 2. The van der Waals surface area contributed by atoms with Crippen molar-refractivity contribution in [1.82, 2.24) is 39.7 Å². The second kappa shape index (κ2) is 12.9. The first kappa shape index (κ1) is 28.9. The van der Waals surface area contributed by atoms with Crippen molar-refractivity contribution in [3.8, 4) is 17.3 Å². The molecule has 0 radical (unpaired) electrons. The Labute approximate surface area is 240 Å². The SMILES string of the molecule is CN(C)CCNC(=O)COc1cc(N2CCN(CCNc3nc(N)n4nc(-c5ccco5)nc4n3)CC2)c(F)cc1F. The molecule has 0 unspecified atom stereocenters. The lowest BCUT2D eigenvalue weighted by Crippen LogP contribution is -2.48. The van der Waals surface area contributed by atoms with Gasteiger partial charge in [-0.1, -0.05) is 0 Å². The molecule has 4 heterocycles. The number of benzene rings is 1. The van der Waals surface area contributed by atoms with Gasteiger partial charge in [-0.05, 0) is 26.2 Å². The van der Waals surface area contributed by atoms with Gasteiger partial charge in [0, 0.05) is 64.5 Å². The molecule has 1 fully saturated rings. The summed E-state index contributed by atoms with van der Waals surface area (Å²) in [7, 11) is 3.78.